The number of benzene rings is 1. The van der Waals surface area contributed by atoms with Gasteiger partial charge in [-0.15, -0.1) is 0 Å². The van der Waals surface area contributed by atoms with Crippen LogP contribution in [0.25, 0.3) is 0 Å². The third-order valence-electron chi connectivity index (χ3n) is 3.80. The molecule has 0 spiro atoms. The van der Waals surface area contributed by atoms with Crippen molar-refractivity contribution in [1.82, 2.24) is 15.1 Å². The van der Waals surface area contributed by atoms with Gasteiger partial charge in [-0.1, -0.05) is 19.1 Å². The van der Waals surface area contributed by atoms with Gasteiger partial charge in [-0.2, -0.15) is 5.10 Å². The van der Waals surface area contributed by atoms with Crippen molar-refractivity contribution in [1.29, 1.82) is 0 Å². The fourth-order valence-electron chi connectivity index (χ4n) is 2.28. The molecule has 1 aromatic carbocycles. The number of aromatic nitrogens is 2. The molecule has 2 rings (SSSR count). The molecule has 4 heteroatoms. The molecule has 108 valence electrons. The second kappa shape index (κ2) is 6.57. The first kappa shape index (κ1) is 14.6. The summed E-state index contributed by atoms with van der Waals surface area (Å²) in [6, 6.07) is 8.61. The van der Waals surface area contributed by atoms with Crippen molar-refractivity contribution < 1.29 is 4.74 Å². The number of nitrogens with zero attached hydrogens (tertiary/aromatic N) is 2. The van der Waals surface area contributed by atoms with Gasteiger partial charge >= 0.3 is 0 Å². The van der Waals surface area contributed by atoms with E-state index >= 15 is 0 Å². The van der Waals surface area contributed by atoms with E-state index in [1.54, 1.807) is 7.11 Å². The van der Waals surface area contributed by atoms with Gasteiger partial charge in [0.15, 0.2) is 0 Å². The Labute approximate surface area is 120 Å². The summed E-state index contributed by atoms with van der Waals surface area (Å²) in [5.41, 5.74) is 3.75. The Morgan fingerprint density at radius 3 is 2.50 bits per heavy atom. The van der Waals surface area contributed by atoms with Crippen LogP contribution in [-0.2, 0) is 13.6 Å². The lowest BCUT2D eigenvalue weighted by Gasteiger charge is -2.17. The lowest BCUT2D eigenvalue weighted by Crippen LogP contribution is -2.20. The number of methoxy groups -OCH3 is 1. The molecule has 1 atom stereocenters. The zero-order valence-electron chi connectivity index (χ0n) is 12.7. The minimum atomic E-state index is 0.348. The van der Waals surface area contributed by atoms with Crippen LogP contribution >= 0.6 is 0 Å². The highest BCUT2D eigenvalue weighted by Gasteiger charge is 2.10. The van der Waals surface area contributed by atoms with Crippen LogP contribution in [0.15, 0.2) is 30.5 Å². The summed E-state index contributed by atoms with van der Waals surface area (Å²) in [5.74, 6) is 0.895. The highest BCUT2D eigenvalue weighted by molar-refractivity contribution is 5.29. The van der Waals surface area contributed by atoms with E-state index in [4.69, 9.17) is 4.74 Å². The molecule has 0 bridgehead atoms. The average molecular weight is 273 g/mol. The summed E-state index contributed by atoms with van der Waals surface area (Å²) < 4.78 is 7.11. The summed E-state index contributed by atoms with van der Waals surface area (Å²) >= 11 is 0. The Balaban J connectivity index is 2.03. The van der Waals surface area contributed by atoms with Crippen LogP contribution in [0.1, 0.15) is 36.2 Å². The van der Waals surface area contributed by atoms with Crippen LogP contribution in [0.3, 0.4) is 0 Å². The SMILES string of the molecule is CCC(NCc1cnn(C)c1C)c1ccc(OC)cc1. The number of rotatable bonds is 6. The van der Waals surface area contributed by atoms with E-state index in [9.17, 15) is 0 Å². The predicted octanol–water partition coefficient (Wildman–Crippen LogP) is 2.98. The van der Waals surface area contributed by atoms with Crippen molar-refractivity contribution in [2.45, 2.75) is 32.9 Å². The van der Waals surface area contributed by atoms with Crippen molar-refractivity contribution >= 4 is 0 Å². The molecule has 0 saturated heterocycles. The van der Waals surface area contributed by atoms with Crippen LogP contribution in [0.5, 0.6) is 5.75 Å². The van der Waals surface area contributed by atoms with E-state index in [2.05, 4.69) is 36.4 Å². The fourth-order valence-corrected chi connectivity index (χ4v) is 2.28. The van der Waals surface area contributed by atoms with E-state index in [1.807, 2.05) is 30.1 Å². The molecule has 1 aromatic heterocycles. The summed E-state index contributed by atoms with van der Waals surface area (Å²) in [4.78, 5) is 0. The van der Waals surface area contributed by atoms with Gasteiger partial charge in [-0.05, 0) is 31.0 Å². The number of hydrogen-bond donors (Lipinski definition) is 1. The van der Waals surface area contributed by atoms with E-state index in [1.165, 1.54) is 16.8 Å². The maximum atomic E-state index is 5.20. The normalized spacial score (nSPS) is 12.4. The zero-order chi connectivity index (χ0) is 14.5. The molecule has 0 radical (unpaired) electrons. The van der Waals surface area contributed by atoms with Crippen LogP contribution in [0, 0.1) is 6.92 Å². The Hall–Kier alpha value is -1.81. The molecule has 1 N–H and O–H groups in total. The number of aryl methyl sites for hydroxylation is 1. The molecule has 0 aliphatic heterocycles. The minimum Gasteiger partial charge on any atom is -0.497 e. The maximum Gasteiger partial charge on any atom is 0.118 e. The van der Waals surface area contributed by atoms with Gasteiger partial charge in [0.2, 0.25) is 0 Å². The summed E-state index contributed by atoms with van der Waals surface area (Å²) in [6.45, 7) is 5.13. The molecular weight excluding hydrogens is 250 g/mol. The smallest absolute Gasteiger partial charge is 0.118 e. The molecule has 0 saturated carbocycles. The van der Waals surface area contributed by atoms with E-state index in [0.29, 0.717) is 6.04 Å². The van der Waals surface area contributed by atoms with Gasteiger partial charge in [-0.25, -0.2) is 0 Å². The van der Waals surface area contributed by atoms with Crippen molar-refractivity contribution in [3.05, 3.63) is 47.3 Å². The molecule has 0 aliphatic rings. The molecule has 20 heavy (non-hydrogen) atoms. The van der Waals surface area contributed by atoms with Gasteiger partial charge in [0.25, 0.3) is 0 Å². The van der Waals surface area contributed by atoms with Gasteiger partial charge in [0.1, 0.15) is 5.75 Å². The zero-order valence-corrected chi connectivity index (χ0v) is 12.7. The Morgan fingerprint density at radius 1 is 1.30 bits per heavy atom. The van der Waals surface area contributed by atoms with Crippen LogP contribution in [0.2, 0.25) is 0 Å². The maximum absolute atomic E-state index is 5.20. The van der Waals surface area contributed by atoms with Gasteiger partial charge in [0, 0.05) is 30.9 Å². The van der Waals surface area contributed by atoms with Crippen LogP contribution in [0.4, 0.5) is 0 Å². The predicted molar refractivity (Wildman–Crippen MR) is 80.8 cm³/mol. The van der Waals surface area contributed by atoms with Crippen molar-refractivity contribution in [3.8, 4) is 5.75 Å². The Kier molecular flexibility index (Phi) is 4.79. The average Bonchev–Trinajstić information content (AvgIpc) is 2.80. The first-order valence-corrected chi connectivity index (χ1v) is 7.00. The monoisotopic (exact) mass is 273 g/mol. The Bertz CT molecular complexity index is 545. The minimum absolute atomic E-state index is 0.348. The summed E-state index contributed by atoms with van der Waals surface area (Å²) in [5, 5.41) is 7.87. The molecule has 0 amide bonds. The summed E-state index contributed by atoms with van der Waals surface area (Å²) in [7, 11) is 3.66. The molecule has 4 nitrogen and oxygen atoms in total. The van der Waals surface area contributed by atoms with Crippen LogP contribution in [-0.4, -0.2) is 16.9 Å². The first-order valence-electron chi connectivity index (χ1n) is 7.00. The van der Waals surface area contributed by atoms with E-state index in [0.717, 1.165) is 18.7 Å². The molecule has 1 unspecified atom stereocenters. The summed E-state index contributed by atoms with van der Waals surface area (Å²) in [6.07, 6.45) is 2.98. The van der Waals surface area contributed by atoms with Crippen molar-refractivity contribution in [2.75, 3.05) is 7.11 Å². The van der Waals surface area contributed by atoms with Gasteiger partial charge in [-0.3, -0.25) is 4.68 Å². The molecular formula is C16H23N3O. The quantitative estimate of drug-likeness (QED) is 0.879. The highest BCUT2D eigenvalue weighted by atomic mass is 16.5. The molecule has 0 fully saturated rings. The van der Waals surface area contributed by atoms with E-state index in [-0.39, 0.29) is 0 Å². The second-order valence-corrected chi connectivity index (χ2v) is 4.99. The molecule has 0 aliphatic carbocycles. The second-order valence-electron chi connectivity index (χ2n) is 4.99. The Morgan fingerprint density at radius 2 is 2.00 bits per heavy atom. The fraction of sp³-hybridized carbons (Fsp3) is 0.438. The topological polar surface area (TPSA) is 39.1 Å². The van der Waals surface area contributed by atoms with Crippen molar-refractivity contribution in [3.63, 3.8) is 0 Å². The number of hydrogen-bond acceptors (Lipinski definition) is 3. The highest BCUT2D eigenvalue weighted by Crippen LogP contribution is 2.20. The van der Waals surface area contributed by atoms with Gasteiger partial charge in [0.05, 0.1) is 13.3 Å². The van der Waals surface area contributed by atoms with Crippen molar-refractivity contribution in [2.24, 2.45) is 7.05 Å². The van der Waals surface area contributed by atoms with Crippen LogP contribution < -0.4 is 10.1 Å². The number of nitrogens with one attached hydrogen (secondary N) is 1. The third-order valence-corrected chi connectivity index (χ3v) is 3.80. The number of ether oxygens (including phenoxy) is 1. The first-order chi connectivity index (χ1) is 9.65. The van der Waals surface area contributed by atoms with E-state index < -0.39 is 0 Å². The lowest BCUT2D eigenvalue weighted by molar-refractivity contribution is 0.414. The van der Waals surface area contributed by atoms with Gasteiger partial charge < -0.3 is 10.1 Å². The molecule has 2 aromatic rings. The third kappa shape index (κ3) is 3.20. The largest absolute Gasteiger partial charge is 0.497 e. The standard InChI is InChI=1S/C16H23N3O/c1-5-16(13-6-8-15(20-4)9-7-13)17-10-14-11-18-19(3)12(14)2/h6-9,11,16-17H,5,10H2,1-4H3. The lowest BCUT2D eigenvalue weighted by atomic mass is 10.0. The molecule has 1 heterocycles.